The Bertz CT molecular complexity index is 550. The zero-order chi connectivity index (χ0) is 15.0. The fourth-order valence-corrected chi connectivity index (χ4v) is 2.63. The summed E-state index contributed by atoms with van der Waals surface area (Å²) in [6, 6.07) is 13.0. The molecule has 4 nitrogen and oxygen atoms in total. The van der Waals surface area contributed by atoms with E-state index in [-0.39, 0.29) is 0 Å². The van der Waals surface area contributed by atoms with Gasteiger partial charge in [0.05, 0.1) is 13.2 Å². The topological polar surface area (TPSA) is 37.4 Å². The molecule has 0 unspecified atom stereocenters. The van der Waals surface area contributed by atoms with Crippen LogP contribution in [0.4, 0.5) is 0 Å². The summed E-state index contributed by atoms with van der Waals surface area (Å²) < 4.78 is 5.38. The smallest absolute Gasteiger partial charge is 0.0594 e. The van der Waals surface area contributed by atoms with Crippen LogP contribution in [0.25, 0.3) is 0 Å². The van der Waals surface area contributed by atoms with E-state index in [1.807, 2.05) is 12.3 Å². The Morgan fingerprint density at radius 3 is 2.41 bits per heavy atom. The number of ether oxygens (including phenoxy) is 1. The summed E-state index contributed by atoms with van der Waals surface area (Å²) in [5.74, 6) is 0. The van der Waals surface area contributed by atoms with Crippen molar-refractivity contribution in [1.82, 2.24) is 15.2 Å². The summed E-state index contributed by atoms with van der Waals surface area (Å²) in [7, 11) is 0. The van der Waals surface area contributed by atoms with Crippen LogP contribution in [0.3, 0.4) is 0 Å². The molecular formula is C18H23N3O. The van der Waals surface area contributed by atoms with Crippen LogP contribution in [0.15, 0.2) is 48.8 Å². The van der Waals surface area contributed by atoms with Gasteiger partial charge in [-0.15, -0.1) is 0 Å². The Balaban J connectivity index is 1.44. The van der Waals surface area contributed by atoms with Crippen LogP contribution < -0.4 is 5.32 Å². The molecule has 0 atom stereocenters. The summed E-state index contributed by atoms with van der Waals surface area (Å²) in [5, 5.41) is 3.45. The van der Waals surface area contributed by atoms with Crippen molar-refractivity contribution < 1.29 is 4.74 Å². The Hall–Kier alpha value is -1.75. The summed E-state index contributed by atoms with van der Waals surface area (Å²) in [6.45, 7) is 6.54. The van der Waals surface area contributed by atoms with Crippen molar-refractivity contribution in [2.45, 2.75) is 19.6 Å². The van der Waals surface area contributed by atoms with Gasteiger partial charge < -0.3 is 10.1 Å². The van der Waals surface area contributed by atoms with Crippen LogP contribution in [0.2, 0.25) is 0 Å². The third-order valence-electron chi connectivity index (χ3n) is 3.91. The van der Waals surface area contributed by atoms with Crippen molar-refractivity contribution in [2.75, 3.05) is 26.3 Å². The number of benzene rings is 1. The predicted octanol–water partition coefficient (Wildman–Crippen LogP) is 2.20. The van der Waals surface area contributed by atoms with Crippen LogP contribution in [0.5, 0.6) is 0 Å². The molecule has 0 amide bonds. The number of morpholine rings is 1. The molecule has 1 aliphatic rings. The fraction of sp³-hybridized carbons (Fsp3) is 0.389. The summed E-state index contributed by atoms with van der Waals surface area (Å²) >= 11 is 0. The van der Waals surface area contributed by atoms with E-state index in [0.29, 0.717) is 0 Å². The lowest BCUT2D eigenvalue weighted by molar-refractivity contribution is 0.0342. The molecule has 1 aliphatic heterocycles. The van der Waals surface area contributed by atoms with E-state index in [4.69, 9.17) is 4.74 Å². The van der Waals surface area contributed by atoms with Crippen LogP contribution in [-0.2, 0) is 24.4 Å². The fourth-order valence-electron chi connectivity index (χ4n) is 2.63. The van der Waals surface area contributed by atoms with E-state index in [1.54, 1.807) is 6.20 Å². The lowest BCUT2D eigenvalue weighted by atomic mass is 10.1. The van der Waals surface area contributed by atoms with Crippen molar-refractivity contribution in [3.8, 4) is 0 Å². The maximum Gasteiger partial charge on any atom is 0.0594 e. The Labute approximate surface area is 132 Å². The molecule has 1 aromatic carbocycles. The number of pyridine rings is 1. The first-order chi connectivity index (χ1) is 10.9. The first-order valence-corrected chi connectivity index (χ1v) is 7.88. The van der Waals surface area contributed by atoms with Gasteiger partial charge in [-0.3, -0.25) is 9.88 Å². The van der Waals surface area contributed by atoms with Gasteiger partial charge in [0.1, 0.15) is 0 Å². The van der Waals surface area contributed by atoms with Crippen molar-refractivity contribution in [2.24, 2.45) is 0 Å². The van der Waals surface area contributed by atoms with E-state index in [0.717, 1.165) is 45.9 Å². The van der Waals surface area contributed by atoms with E-state index < -0.39 is 0 Å². The highest BCUT2D eigenvalue weighted by Gasteiger charge is 2.10. The number of nitrogens with one attached hydrogen (secondary N) is 1. The maximum atomic E-state index is 5.38. The van der Waals surface area contributed by atoms with Gasteiger partial charge in [-0.2, -0.15) is 0 Å². The number of rotatable bonds is 6. The van der Waals surface area contributed by atoms with Gasteiger partial charge in [-0.05, 0) is 22.8 Å². The number of nitrogens with zero attached hydrogens (tertiary/aromatic N) is 2. The summed E-state index contributed by atoms with van der Waals surface area (Å²) in [4.78, 5) is 6.57. The molecule has 4 heteroatoms. The molecule has 0 spiro atoms. The van der Waals surface area contributed by atoms with Gasteiger partial charge >= 0.3 is 0 Å². The van der Waals surface area contributed by atoms with Crippen LogP contribution >= 0.6 is 0 Å². The van der Waals surface area contributed by atoms with Crippen LogP contribution in [-0.4, -0.2) is 36.2 Å². The number of aromatic nitrogens is 1. The summed E-state index contributed by atoms with van der Waals surface area (Å²) in [5.41, 5.74) is 3.90. The lowest BCUT2D eigenvalue weighted by Gasteiger charge is -2.26. The van der Waals surface area contributed by atoms with E-state index in [9.17, 15) is 0 Å². The molecule has 1 saturated heterocycles. The Morgan fingerprint density at radius 2 is 1.68 bits per heavy atom. The number of hydrogen-bond acceptors (Lipinski definition) is 4. The second-order valence-corrected chi connectivity index (χ2v) is 5.67. The average Bonchev–Trinajstić information content (AvgIpc) is 2.58. The zero-order valence-corrected chi connectivity index (χ0v) is 12.9. The highest BCUT2D eigenvalue weighted by atomic mass is 16.5. The molecule has 1 N–H and O–H groups in total. The zero-order valence-electron chi connectivity index (χ0n) is 12.9. The van der Waals surface area contributed by atoms with Gasteiger partial charge in [0.2, 0.25) is 0 Å². The molecule has 3 rings (SSSR count). The van der Waals surface area contributed by atoms with Gasteiger partial charge in [0, 0.05) is 45.1 Å². The van der Waals surface area contributed by atoms with Gasteiger partial charge in [0.15, 0.2) is 0 Å². The predicted molar refractivity (Wildman–Crippen MR) is 87.3 cm³/mol. The molecule has 2 aromatic rings. The minimum atomic E-state index is 0.851. The quantitative estimate of drug-likeness (QED) is 0.887. The molecule has 1 aromatic heterocycles. The second kappa shape index (κ2) is 8.03. The third-order valence-corrected chi connectivity index (χ3v) is 3.91. The monoisotopic (exact) mass is 297 g/mol. The first kappa shape index (κ1) is 15.2. The molecule has 0 radical (unpaired) electrons. The van der Waals surface area contributed by atoms with Gasteiger partial charge in [-0.1, -0.05) is 30.3 Å². The average molecular weight is 297 g/mol. The second-order valence-electron chi connectivity index (χ2n) is 5.67. The minimum absolute atomic E-state index is 0.851. The SMILES string of the molecule is c1cncc(CNCc2ccc(CN3CCOCC3)cc2)c1. The number of hydrogen-bond donors (Lipinski definition) is 1. The third kappa shape index (κ3) is 4.63. The van der Waals surface area contributed by atoms with Crippen molar-refractivity contribution in [3.05, 3.63) is 65.5 Å². The normalized spacial score (nSPS) is 15.8. The maximum absolute atomic E-state index is 5.38. The highest BCUT2D eigenvalue weighted by molar-refractivity contribution is 5.22. The van der Waals surface area contributed by atoms with Crippen LogP contribution in [0.1, 0.15) is 16.7 Å². The highest BCUT2D eigenvalue weighted by Crippen LogP contribution is 2.09. The van der Waals surface area contributed by atoms with E-state index in [1.165, 1.54) is 16.7 Å². The standard InChI is InChI=1S/C18H23N3O/c1-2-18(13-19-7-1)14-20-12-16-3-5-17(6-4-16)15-21-8-10-22-11-9-21/h1-7,13,20H,8-12,14-15H2. The van der Waals surface area contributed by atoms with Crippen molar-refractivity contribution >= 4 is 0 Å². The van der Waals surface area contributed by atoms with E-state index >= 15 is 0 Å². The Morgan fingerprint density at radius 1 is 0.955 bits per heavy atom. The molecule has 0 bridgehead atoms. The molecular weight excluding hydrogens is 274 g/mol. The molecule has 1 fully saturated rings. The largest absolute Gasteiger partial charge is 0.379 e. The van der Waals surface area contributed by atoms with E-state index in [2.05, 4.69) is 45.5 Å². The van der Waals surface area contributed by atoms with Gasteiger partial charge in [-0.25, -0.2) is 0 Å². The van der Waals surface area contributed by atoms with Crippen molar-refractivity contribution in [3.63, 3.8) is 0 Å². The first-order valence-electron chi connectivity index (χ1n) is 7.88. The molecule has 0 saturated carbocycles. The minimum Gasteiger partial charge on any atom is -0.379 e. The Kier molecular flexibility index (Phi) is 5.54. The molecule has 2 heterocycles. The van der Waals surface area contributed by atoms with Crippen molar-refractivity contribution in [1.29, 1.82) is 0 Å². The molecule has 116 valence electrons. The molecule has 22 heavy (non-hydrogen) atoms. The summed E-state index contributed by atoms with van der Waals surface area (Å²) in [6.07, 6.45) is 3.70. The molecule has 0 aliphatic carbocycles. The van der Waals surface area contributed by atoms with Gasteiger partial charge in [0.25, 0.3) is 0 Å². The lowest BCUT2D eigenvalue weighted by Crippen LogP contribution is -2.35. The van der Waals surface area contributed by atoms with Crippen LogP contribution in [0, 0.1) is 0 Å².